The van der Waals surface area contributed by atoms with E-state index < -0.39 is 45.5 Å². The summed E-state index contributed by atoms with van der Waals surface area (Å²) in [5, 5.41) is 6.03. The van der Waals surface area contributed by atoms with Crippen molar-refractivity contribution in [2.24, 2.45) is 0 Å². The van der Waals surface area contributed by atoms with Crippen molar-refractivity contribution in [3.63, 3.8) is 0 Å². The van der Waals surface area contributed by atoms with Crippen LogP contribution in [0.5, 0.6) is 0 Å². The molecule has 46 heavy (non-hydrogen) atoms. The van der Waals surface area contributed by atoms with E-state index in [-0.39, 0.29) is 30.2 Å². The number of Topliss-reactive ketones (excluding diaryl/α,β-unsaturated/α-hetero) is 1. The molecule has 0 radical (unpaired) electrons. The molecule has 2 N–H and O–H groups in total. The molecule has 3 aromatic rings. The summed E-state index contributed by atoms with van der Waals surface area (Å²) in [6, 6.07) is 15.1. The first-order valence-corrected chi connectivity index (χ1v) is 17.2. The van der Waals surface area contributed by atoms with Gasteiger partial charge in [0, 0.05) is 42.5 Å². The number of sulfonamides is 1. The van der Waals surface area contributed by atoms with Crippen LogP contribution in [0.3, 0.4) is 0 Å². The highest BCUT2D eigenvalue weighted by Crippen LogP contribution is 2.35. The van der Waals surface area contributed by atoms with Crippen LogP contribution < -0.4 is 10.6 Å². The number of amides is 1. The number of carbonyl (C=O) groups excluding carboxylic acids is 2. The molecular weight excluding hydrogens is 636 g/mol. The number of hydrogen-bond acceptors (Lipinski definition) is 6. The second-order valence-corrected chi connectivity index (χ2v) is 14.5. The number of ketones is 1. The predicted molar refractivity (Wildman–Crippen MR) is 172 cm³/mol. The van der Waals surface area contributed by atoms with E-state index in [9.17, 15) is 22.4 Å². The zero-order chi connectivity index (χ0) is 33.0. The smallest absolute Gasteiger partial charge is 0.407 e. The van der Waals surface area contributed by atoms with Crippen molar-refractivity contribution in [2.45, 2.75) is 68.3 Å². The molecule has 1 aliphatic carbocycles. The van der Waals surface area contributed by atoms with Gasteiger partial charge in [-0.1, -0.05) is 48.0 Å². The molecule has 2 fully saturated rings. The van der Waals surface area contributed by atoms with E-state index in [4.69, 9.17) is 16.3 Å². The Bertz CT molecular complexity index is 1670. The minimum Gasteiger partial charge on any atom is -0.453 e. The van der Waals surface area contributed by atoms with Gasteiger partial charge in [0.25, 0.3) is 0 Å². The van der Waals surface area contributed by atoms with Gasteiger partial charge in [0.05, 0.1) is 12.4 Å². The van der Waals surface area contributed by atoms with E-state index in [0.29, 0.717) is 59.6 Å². The summed E-state index contributed by atoms with van der Waals surface area (Å²) in [6.45, 7) is 2.85. The Morgan fingerprint density at radius 1 is 1.04 bits per heavy atom. The fourth-order valence-corrected chi connectivity index (χ4v) is 8.74. The molecule has 1 saturated carbocycles. The highest BCUT2D eigenvalue weighted by molar-refractivity contribution is 7.90. The number of hydrogen-bond donors (Lipinski definition) is 2. The third-order valence-corrected chi connectivity index (χ3v) is 11.5. The summed E-state index contributed by atoms with van der Waals surface area (Å²) in [5.74, 6) is -2.30. The maximum absolute atomic E-state index is 15.4. The van der Waals surface area contributed by atoms with Crippen molar-refractivity contribution < 1.29 is 31.5 Å². The van der Waals surface area contributed by atoms with Gasteiger partial charge < -0.3 is 15.4 Å². The zero-order valence-corrected chi connectivity index (χ0v) is 27.3. The van der Waals surface area contributed by atoms with Gasteiger partial charge in [-0.15, -0.1) is 0 Å². The van der Waals surface area contributed by atoms with Crippen molar-refractivity contribution in [3.8, 4) is 0 Å². The van der Waals surface area contributed by atoms with Gasteiger partial charge in [-0.2, -0.15) is 4.31 Å². The van der Waals surface area contributed by atoms with Gasteiger partial charge in [-0.25, -0.2) is 22.0 Å². The lowest BCUT2D eigenvalue weighted by atomic mass is 9.81. The minimum absolute atomic E-state index is 0.199. The number of alkyl carbamates (subject to hydrolysis) is 1. The van der Waals surface area contributed by atoms with Gasteiger partial charge in [0.15, 0.2) is 5.78 Å². The molecule has 0 aromatic heterocycles. The molecule has 12 heteroatoms. The normalized spacial score (nSPS) is 20.1. The fourth-order valence-electron chi connectivity index (χ4n) is 6.37. The Kier molecular flexibility index (Phi) is 10.8. The number of halogens is 3. The number of nitrogens with one attached hydrogen (secondary N) is 2. The number of benzene rings is 3. The molecule has 5 rings (SSSR count). The lowest BCUT2D eigenvalue weighted by molar-refractivity contribution is -0.120. The second-order valence-electron chi connectivity index (χ2n) is 12.0. The highest BCUT2D eigenvalue weighted by Gasteiger charge is 2.45. The number of nitrogens with zero attached hydrogens (tertiary/aromatic N) is 1. The van der Waals surface area contributed by atoms with E-state index >= 15 is 4.39 Å². The molecular formula is C34H38ClF2N3O5S. The fraction of sp³-hybridized carbons (Fsp3) is 0.412. The molecule has 1 heterocycles. The molecule has 1 amide bonds. The van der Waals surface area contributed by atoms with Crippen LogP contribution in [0.15, 0.2) is 66.7 Å². The number of rotatable bonds is 12. The SMILES string of the molecule is COC(=O)N[C@H](C(=O)Cc1cccc(F)c1CC[C@H]1CNC[C@H](C)N1S(=O)(=O)C1CC1)[C@@H](c1ccc(Cl)cc1)c1cccc(F)c1. The Labute approximate surface area is 273 Å². The van der Waals surface area contributed by atoms with Crippen LogP contribution in [-0.2, 0) is 32.4 Å². The highest BCUT2D eigenvalue weighted by atomic mass is 35.5. The van der Waals surface area contributed by atoms with Gasteiger partial charge in [0.2, 0.25) is 10.0 Å². The van der Waals surface area contributed by atoms with Crippen LogP contribution in [0.1, 0.15) is 54.4 Å². The maximum Gasteiger partial charge on any atom is 0.407 e. The van der Waals surface area contributed by atoms with Crippen LogP contribution in [0.2, 0.25) is 5.02 Å². The summed E-state index contributed by atoms with van der Waals surface area (Å²) in [5.41, 5.74) is 1.76. The Morgan fingerprint density at radius 2 is 1.76 bits per heavy atom. The molecule has 0 spiro atoms. The maximum atomic E-state index is 15.4. The number of piperazine rings is 1. The first-order chi connectivity index (χ1) is 22.0. The average molecular weight is 674 g/mol. The summed E-state index contributed by atoms with van der Waals surface area (Å²) in [7, 11) is -2.29. The standard InChI is InChI=1S/C34H38ClF2N3O5S/c1-21-19-38-20-27(40(21)46(43,44)28-14-15-28)13-16-29-23(5-4-8-30(29)37)18-31(41)33(39-34(42)45-2)32(22-9-11-25(35)12-10-22)24-6-3-7-26(36)17-24/h3-12,17,21,27-28,32-33,38H,13-16,18-20H2,1-2H3,(H,39,42)/t21-,27-,32-,33+/m0/s1. The largest absolute Gasteiger partial charge is 0.453 e. The summed E-state index contributed by atoms with van der Waals surface area (Å²) in [4.78, 5) is 26.7. The van der Waals surface area contributed by atoms with Crippen molar-refractivity contribution >= 4 is 33.5 Å². The molecule has 1 aliphatic heterocycles. The second kappa shape index (κ2) is 14.6. The van der Waals surface area contributed by atoms with Gasteiger partial charge >= 0.3 is 6.09 Å². The number of carbonyl (C=O) groups is 2. The first-order valence-electron chi connectivity index (χ1n) is 15.4. The Balaban J connectivity index is 1.45. The molecule has 0 unspecified atom stereocenters. The van der Waals surface area contributed by atoms with Gasteiger partial charge in [0.1, 0.15) is 17.7 Å². The molecule has 0 bridgehead atoms. The van der Waals surface area contributed by atoms with E-state index in [2.05, 4.69) is 10.6 Å². The average Bonchev–Trinajstić information content (AvgIpc) is 3.88. The number of ether oxygens (including phenoxy) is 1. The van der Waals surface area contributed by atoms with Crippen molar-refractivity contribution in [1.82, 2.24) is 14.9 Å². The van der Waals surface area contributed by atoms with Crippen LogP contribution in [0.4, 0.5) is 13.6 Å². The van der Waals surface area contributed by atoms with Crippen molar-refractivity contribution in [3.05, 3.63) is 106 Å². The third kappa shape index (κ3) is 7.76. The van der Waals surface area contributed by atoms with Crippen LogP contribution in [0, 0.1) is 11.6 Å². The predicted octanol–water partition coefficient (Wildman–Crippen LogP) is 5.37. The van der Waals surface area contributed by atoms with Gasteiger partial charge in [-0.05, 0) is 85.2 Å². The molecule has 2 aliphatic rings. The third-order valence-electron chi connectivity index (χ3n) is 8.74. The van der Waals surface area contributed by atoms with E-state index in [1.807, 2.05) is 6.92 Å². The van der Waals surface area contributed by atoms with Crippen LogP contribution in [0.25, 0.3) is 0 Å². The van der Waals surface area contributed by atoms with Crippen LogP contribution in [-0.4, -0.2) is 68.2 Å². The topological polar surface area (TPSA) is 105 Å². The monoisotopic (exact) mass is 673 g/mol. The lowest BCUT2D eigenvalue weighted by Crippen LogP contribution is -2.59. The number of methoxy groups -OCH3 is 1. The summed E-state index contributed by atoms with van der Waals surface area (Å²) >= 11 is 6.13. The Morgan fingerprint density at radius 3 is 2.43 bits per heavy atom. The van der Waals surface area contributed by atoms with Crippen molar-refractivity contribution in [2.75, 3.05) is 20.2 Å². The zero-order valence-electron chi connectivity index (χ0n) is 25.7. The van der Waals surface area contributed by atoms with E-state index in [1.54, 1.807) is 40.7 Å². The minimum atomic E-state index is -3.47. The van der Waals surface area contributed by atoms with Crippen LogP contribution >= 0.6 is 11.6 Å². The Hall–Kier alpha value is -3.38. The molecule has 246 valence electrons. The first kappa shape index (κ1) is 34.0. The molecule has 8 nitrogen and oxygen atoms in total. The molecule has 4 atom stereocenters. The quantitative estimate of drug-likeness (QED) is 0.268. The van der Waals surface area contributed by atoms with E-state index in [0.717, 1.165) is 0 Å². The lowest BCUT2D eigenvalue weighted by Gasteiger charge is -2.40. The van der Waals surface area contributed by atoms with Crippen molar-refractivity contribution in [1.29, 1.82) is 0 Å². The van der Waals surface area contributed by atoms with Gasteiger partial charge in [-0.3, -0.25) is 4.79 Å². The summed E-state index contributed by atoms with van der Waals surface area (Å²) < 4.78 is 62.9. The molecule has 1 saturated heterocycles. The molecule has 3 aromatic carbocycles. The summed E-state index contributed by atoms with van der Waals surface area (Å²) in [6.07, 6.45) is 0.752. The van der Waals surface area contributed by atoms with E-state index in [1.165, 1.54) is 37.4 Å².